The molecule has 0 fully saturated rings. The van der Waals surface area contributed by atoms with Gasteiger partial charge in [-0.25, -0.2) is 4.98 Å². The lowest BCUT2D eigenvalue weighted by molar-refractivity contribution is 0.103. The number of amides is 1. The first kappa shape index (κ1) is 16.8. The summed E-state index contributed by atoms with van der Waals surface area (Å²) in [7, 11) is 1.58. The van der Waals surface area contributed by atoms with Crippen molar-refractivity contribution in [3.05, 3.63) is 46.0 Å². The summed E-state index contributed by atoms with van der Waals surface area (Å²) < 4.78 is 5.31. The average Bonchev–Trinajstić information content (AvgIpc) is 2.99. The monoisotopic (exact) mass is 367 g/mol. The first-order valence-electron chi connectivity index (χ1n) is 8.75. The number of nitrogens with zero attached hydrogens (tertiary/aromatic N) is 1. The second-order valence-electron chi connectivity index (χ2n) is 6.54. The van der Waals surface area contributed by atoms with Gasteiger partial charge in [0.05, 0.1) is 18.5 Å². The third kappa shape index (κ3) is 2.70. The minimum Gasteiger partial charge on any atom is -0.495 e. The van der Waals surface area contributed by atoms with Crippen molar-refractivity contribution in [3.63, 3.8) is 0 Å². The number of thiophene rings is 1. The Kier molecular flexibility index (Phi) is 4.28. The number of methoxy groups -OCH3 is 1. The van der Waals surface area contributed by atoms with E-state index in [-0.39, 0.29) is 5.91 Å². The summed E-state index contributed by atoms with van der Waals surface area (Å²) >= 11 is 1.36. The maximum absolute atomic E-state index is 12.9. The van der Waals surface area contributed by atoms with Crippen LogP contribution in [-0.4, -0.2) is 18.0 Å². The summed E-state index contributed by atoms with van der Waals surface area (Å²) in [6.07, 6.45) is 4.39. The van der Waals surface area contributed by atoms with Crippen LogP contribution < -0.4 is 15.8 Å². The van der Waals surface area contributed by atoms with Crippen LogP contribution >= 0.6 is 11.3 Å². The summed E-state index contributed by atoms with van der Waals surface area (Å²) in [5.74, 6) is 0.393. The van der Waals surface area contributed by atoms with Gasteiger partial charge in [0.2, 0.25) is 0 Å². The fourth-order valence-corrected chi connectivity index (χ4v) is 4.76. The maximum atomic E-state index is 12.9. The van der Waals surface area contributed by atoms with Crippen molar-refractivity contribution in [1.29, 1.82) is 0 Å². The molecule has 26 heavy (non-hydrogen) atoms. The lowest BCUT2D eigenvalue weighted by Crippen LogP contribution is -2.13. The van der Waals surface area contributed by atoms with Crippen LogP contribution in [0.2, 0.25) is 0 Å². The number of rotatable bonds is 3. The summed E-state index contributed by atoms with van der Waals surface area (Å²) in [6, 6.07) is 7.34. The highest BCUT2D eigenvalue weighted by Gasteiger charge is 2.24. The van der Waals surface area contributed by atoms with E-state index >= 15 is 0 Å². The van der Waals surface area contributed by atoms with E-state index in [4.69, 9.17) is 15.5 Å². The molecule has 1 aliphatic rings. The minimum atomic E-state index is -0.225. The smallest absolute Gasteiger partial charge is 0.268 e. The molecule has 1 aromatic carbocycles. The molecule has 0 radical (unpaired) electrons. The van der Waals surface area contributed by atoms with E-state index < -0.39 is 0 Å². The molecule has 134 valence electrons. The van der Waals surface area contributed by atoms with E-state index in [0.29, 0.717) is 22.0 Å². The first-order valence-corrected chi connectivity index (χ1v) is 9.56. The number of hydrogen-bond donors (Lipinski definition) is 2. The Morgan fingerprint density at radius 2 is 1.96 bits per heavy atom. The largest absolute Gasteiger partial charge is 0.495 e. The molecule has 0 unspecified atom stereocenters. The van der Waals surface area contributed by atoms with Crippen LogP contribution in [0.1, 0.15) is 39.3 Å². The van der Waals surface area contributed by atoms with Crippen molar-refractivity contribution < 1.29 is 9.53 Å². The van der Waals surface area contributed by atoms with Gasteiger partial charge in [0.25, 0.3) is 5.91 Å². The number of benzene rings is 1. The van der Waals surface area contributed by atoms with Gasteiger partial charge in [-0.2, -0.15) is 0 Å². The number of aryl methyl sites for hydroxylation is 2. The molecule has 0 saturated heterocycles. The predicted molar refractivity (Wildman–Crippen MR) is 106 cm³/mol. The van der Waals surface area contributed by atoms with Crippen molar-refractivity contribution in [2.24, 2.45) is 0 Å². The van der Waals surface area contributed by atoms with Crippen molar-refractivity contribution in [2.75, 3.05) is 18.2 Å². The van der Waals surface area contributed by atoms with E-state index in [1.54, 1.807) is 7.11 Å². The van der Waals surface area contributed by atoms with Gasteiger partial charge in [0, 0.05) is 11.1 Å². The number of hydrogen-bond acceptors (Lipinski definition) is 5. The molecule has 4 rings (SSSR count). The molecule has 3 N–H and O–H groups in total. The van der Waals surface area contributed by atoms with Crippen LogP contribution in [0.15, 0.2) is 24.3 Å². The van der Waals surface area contributed by atoms with Crippen molar-refractivity contribution in [3.8, 4) is 5.75 Å². The van der Waals surface area contributed by atoms with E-state index in [1.165, 1.54) is 28.9 Å². The normalized spacial score (nSPS) is 13.5. The van der Waals surface area contributed by atoms with E-state index in [2.05, 4.69) is 5.32 Å². The lowest BCUT2D eigenvalue weighted by atomic mass is 9.89. The molecule has 0 bridgehead atoms. The number of fused-ring (bicyclic) bond motifs is 3. The number of carbonyl (C=O) groups is 1. The highest BCUT2D eigenvalue weighted by Crippen LogP contribution is 2.40. The third-order valence-electron chi connectivity index (χ3n) is 4.96. The summed E-state index contributed by atoms with van der Waals surface area (Å²) in [5, 5.41) is 3.89. The van der Waals surface area contributed by atoms with Gasteiger partial charge in [-0.3, -0.25) is 4.79 Å². The van der Waals surface area contributed by atoms with Crippen molar-refractivity contribution in [2.45, 2.75) is 32.6 Å². The molecule has 0 spiro atoms. The zero-order chi connectivity index (χ0) is 18.3. The standard InChI is InChI=1S/C20H21N3O2S/c1-11-12-7-3-4-8-13(12)16-17(21)18(26-20(16)22-11)19(24)23-14-9-5-6-10-15(14)25-2/h5-6,9-10H,3-4,7-8,21H2,1-2H3,(H,23,24). The SMILES string of the molecule is COc1ccccc1NC(=O)c1sc2nc(C)c3c(c2c1N)CCCC3. The molecule has 0 atom stereocenters. The van der Waals surface area contributed by atoms with E-state index in [0.717, 1.165) is 35.2 Å². The fourth-order valence-electron chi connectivity index (χ4n) is 3.70. The first-order chi connectivity index (χ1) is 12.6. The Balaban J connectivity index is 1.77. The third-order valence-corrected chi connectivity index (χ3v) is 6.06. The number of anilines is 2. The molecule has 3 aromatic rings. The number of nitrogens with one attached hydrogen (secondary N) is 1. The molecule has 1 amide bonds. The molecule has 0 aliphatic heterocycles. The van der Waals surface area contributed by atoms with Crippen molar-refractivity contribution >= 4 is 38.8 Å². The van der Waals surface area contributed by atoms with Gasteiger partial charge in [0.1, 0.15) is 15.5 Å². The van der Waals surface area contributed by atoms with Crippen LogP contribution in [0.25, 0.3) is 10.2 Å². The second-order valence-corrected chi connectivity index (χ2v) is 7.54. The Morgan fingerprint density at radius 1 is 1.23 bits per heavy atom. The van der Waals surface area contributed by atoms with Gasteiger partial charge in [-0.05, 0) is 55.9 Å². The highest BCUT2D eigenvalue weighted by molar-refractivity contribution is 7.21. The van der Waals surface area contributed by atoms with Crippen LogP contribution in [-0.2, 0) is 12.8 Å². The molecule has 6 heteroatoms. The van der Waals surface area contributed by atoms with E-state index in [9.17, 15) is 4.79 Å². The molecular formula is C20H21N3O2S. The number of aromatic nitrogens is 1. The van der Waals surface area contributed by atoms with E-state index in [1.807, 2.05) is 31.2 Å². The number of nitrogens with two attached hydrogens (primary N) is 1. The molecule has 2 heterocycles. The van der Waals surface area contributed by atoms with Crippen molar-refractivity contribution in [1.82, 2.24) is 4.98 Å². The average molecular weight is 367 g/mol. The van der Waals surface area contributed by atoms with Crippen LogP contribution in [0, 0.1) is 6.92 Å². The summed E-state index contributed by atoms with van der Waals surface area (Å²) in [6.45, 7) is 2.05. The lowest BCUT2D eigenvalue weighted by Gasteiger charge is -2.18. The number of nitrogen functional groups attached to an aromatic ring is 1. The Hall–Kier alpha value is -2.60. The number of ether oxygens (including phenoxy) is 1. The maximum Gasteiger partial charge on any atom is 0.268 e. The number of pyridine rings is 1. The second kappa shape index (κ2) is 6.61. The Bertz CT molecular complexity index is 1010. The van der Waals surface area contributed by atoms with Gasteiger partial charge in [-0.15, -0.1) is 11.3 Å². The zero-order valence-electron chi connectivity index (χ0n) is 14.9. The van der Waals surface area contributed by atoms with Crippen LogP contribution in [0.5, 0.6) is 5.75 Å². The topological polar surface area (TPSA) is 77.2 Å². The van der Waals surface area contributed by atoms with Gasteiger partial charge in [-0.1, -0.05) is 12.1 Å². The quantitative estimate of drug-likeness (QED) is 0.722. The minimum absolute atomic E-state index is 0.225. The van der Waals surface area contributed by atoms with Crippen LogP contribution in [0.3, 0.4) is 0 Å². The number of para-hydroxylation sites is 2. The van der Waals surface area contributed by atoms with Gasteiger partial charge in [0.15, 0.2) is 0 Å². The fraction of sp³-hybridized carbons (Fsp3) is 0.300. The van der Waals surface area contributed by atoms with Gasteiger partial charge >= 0.3 is 0 Å². The highest BCUT2D eigenvalue weighted by atomic mass is 32.1. The molecule has 2 aromatic heterocycles. The number of carbonyl (C=O) groups excluding carboxylic acids is 1. The Morgan fingerprint density at radius 3 is 2.73 bits per heavy atom. The van der Waals surface area contributed by atoms with Gasteiger partial charge < -0.3 is 15.8 Å². The van der Waals surface area contributed by atoms with Crippen LogP contribution in [0.4, 0.5) is 11.4 Å². The molecular weight excluding hydrogens is 346 g/mol. The molecule has 1 aliphatic carbocycles. The summed E-state index contributed by atoms with van der Waals surface area (Å²) in [5.41, 5.74) is 11.2. The Labute approximate surface area is 156 Å². The zero-order valence-corrected chi connectivity index (χ0v) is 15.7. The molecule has 0 saturated carbocycles. The predicted octanol–water partition coefficient (Wildman–Crippen LogP) is 4.33. The summed E-state index contributed by atoms with van der Waals surface area (Å²) in [4.78, 5) is 19.0. The molecule has 5 nitrogen and oxygen atoms in total.